The Labute approximate surface area is 96.5 Å². The molecular weight excluding hydrogens is 198 g/mol. The van der Waals surface area contributed by atoms with E-state index < -0.39 is 0 Å². The van der Waals surface area contributed by atoms with Gasteiger partial charge in [-0.25, -0.2) is 4.98 Å². The van der Waals surface area contributed by atoms with E-state index in [1.807, 2.05) is 13.4 Å². The van der Waals surface area contributed by atoms with Crippen LogP contribution in [0.15, 0.2) is 12.4 Å². The molecule has 2 aromatic rings. The number of fused-ring (bicyclic) bond motifs is 1. The lowest BCUT2D eigenvalue weighted by Crippen LogP contribution is -2.02. The molecule has 0 saturated heterocycles. The molecule has 0 aliphatic rings. The molecule has 0 N–H and O–H groups in total. The lowest BCUT2D eigenvalue weighted by Gasteiger charge is -2.12. The molecule has 3 nitrogen and oxygen atoms in total. The summed E-state index contributed by atoms with van der Waals surface area (Å²) in [7, 11) is 2.03. The zero-order chi connectivity index (χ0) is 11.9. The molecule has 2 rings (SSSR count). The van der Waals surface area contributed by atoms with Crippen molar-refractivity contribution in [2.24, 2.45) is 7.05 Å². The van der Waals surface area contributed by atoms with Crippen molar-refractivity contribution in [3.05, 3.63) is 23.8 Å². The van der Waals surface area contributed by atoms with Crippen LogP contribution in [0.1, 0.15) is 50.9 Å². The van der Waals surface area contributed by atoms with Crippen LogP contribution in [0.3, 0.4) is 0 Å². The Morgan fingerprint density at radius 3 is 2.38 bits per heavy atom. The average Bonchev–Trinajstić information content (AvgIpc) is 2.59. The van der Waals surface area contributed by atoms with Gasteiger partial charge in [0.1, 0.15) is 0 Å². The van der Waals surface area contributed by atoms with Gasteiger partial charge in [-0.15, -0.1) is 0 Å². The first-order valence-electron chi connectivity index (χ1n) is 5.82. The summed E-state index contributed by atoms with van der Waals surface area (Å²) in [5.41, 5.74) is 4.51. The van der Waals surface area contributed by atoms with E-state index >= 15 is 0 Å². The first-order valence-corrected chi connectivity index (χ1v) is 5.82. The summed E-state index contributed by atoms with van der Waals surface area (Å²) in [5, 5.41) is 0. The number of aryl methyl sites for hydroxylation is 1. The average molecular weight is 217 g/mol. The first-order chi connectivity index (χ1) is 7.50. The van der Waals surface area contributed by atoms with E-state index in [4.69, 9.17) is 4.98 Å². The van der Waals surface area contributed by atoms with Crippen LogP contribution < -0.4 is 0 Å². The molecule has 0 fully saturated rings. The Bertz CT molecular complexity index is 509. The smallest absolute Gasteiger partial charge is 0.0956 e. The van der Waals surface area contributed by atoms with E-state index in [1.54, 1.807) is 0 Å². The molecule has 0 aromatic carbocycles. The maximum atomic E-state index is 4.77. The van der Waals surface area contributed by atoms with Gasteiger partial charge in [-0.1, -0.05) is 27.7 Å². The lowest BCUT2D eigenvalue weighted by molar-refractivity contribution is 0.766. The number of nitrogens with zero attached hydrogens (tertiary/aromatic N) is 3. The molecule has 2 heterocycles. The first kappa shape index (κ1) is 11.1. The maximum absolute atomic E-state index is 4.77. The van der Waals surface area contributed by atoms with Crippen molar-refractivity contribution < 1.29 is 0 Å². The summed E-state index contributed by atoms with van der Waals surface area (Å²) >= 11 is 0. The number of aromatic nitrogens is 3. The largest absolute Gasteiger partial charge is 0.332 e. The van der Waals surface area contributed by atoms with Crippen molar-refractivity contribution in [1.82, 2.24) is 14.5 Å². The highest BCUT2D eigenvalue weighted by Crippen LogP contribution is 2.25. The summed E-state index contributed by atoms with van der Waals surface area (Å²) in [6, 6.07) is 2.10. The SMILES string of the molecule is CC(C)c1cc2ncn(C)c2c(C(C)C)n1. The highest BCUT2D eigenvalue weighted by Gasteiger charge is 2.14. The summed E-state index contributed by atoms with van der Waals surface area (Å²) < 4.78 is 2.06. The Morgan fingerprint density at radius 2 is 1.81 bits per heavy atom. The fraction of sp³-hybridized carbons (Fsp3) is 0.538. The molecule has 0 amide bonds. The van der Waals surface area contributed by atoms with Crippen LogP contribution in [0.5, 0.6) is 0 Å². The Balaban J connectivity index is 2.76. The van der Waals surface area contributed by atoms with Crippen LogP contribution in [-0.4, -0.2) is 14.5 Å². The molecule has 0 spiro atoms. The lowest BCUT2D eigenvalue weighted by atomic mass is 10.0. The standard InChI is InChI=1S/C13H19N3/c1-8(2)10-6-11-13(16(5)7-14-11)12(15-10)9(3)4/h6-9H,1-5H3. The molecule has 0 aliphatic carbocycles. The predicted octanol–water partition coefficient (Wildman–Crippen LogP) is 3.22. The van der Waals surface area contributed by atoms with E-state index in [0.29, 0.717) is 11.8 Å². The van der Waals surface area contributed by atoms with Gasteiger partial charge in [-0.05, 0) is 17.9 Å². The third kappa shape index (κ3) is 1.70. The molecule has 3 heteroatoms. The molecule has 2 aromatic heterocycles. The molecule has 0 saturated carbocycles. The van der Waals surface area contributed by atoms with Crippen LogP contribution >= 0.6 is 0 Å². The van der Waals surface area contributed by atoms with Gasteiger partial charge in [0.05, 0.1) is 23.1 Å². The Kier molecular flexibility index (Phi) is 2.70. The van der Waals surface area contributed by atoms with Gasteiger partial charge < -0.3 is 4.57 Å². The minimum atomic E-state index is 0.427. The molecule has 0 atom stereocenters. The van der Waals surface area contributed by atoms with Crippen molar-refractivity contribution >= 4 is 11.0 Å². The molecule has 86 valence electrons. The van der Waals surface area contributed by atoms with E-state index in [-0.39, 0.29) is 0 Å². The summed E-state index contributed by atoms with van der Waals surface area (Å²) in [6.07, 6.45) is 1.86. The number of hydrogen-bond donors (Lipinski definition) is 0. The fourth-order valence-corrected chi connectivity index (χ4v) is 1.93. The number of rotatable bonds is 2. The highest BCUT2D eigenvalue weighted by atomic mass is 15.0. The third-order valence-electron chi connectivity index (χ3n) is 2.88. The van der Waals surface area contributed by atoms with Crippen LogP contribution in [-0.2, 0) is 7.05 Å². The van der Waals surface area contributed by atoms with Gasteiger partial charge >= 0.3 is 0 Å². The van der Waals surface area contributed by atoms with Crippen molar-refractivity contribution in [3.8, 4) is 0 Å². The van der Waals surface area contributed by atoms with Crippen molar-refractivity contribution in [2.45, 2.75) is 39.5 Å². The van der Waals surface area contributed by atoms with Gasteiger partial charge in [-0.3, -0.25) is 4.98 Å². The molecule has 0 unspecified atom stereocenters. The second-order valence-electron chi connectivity index (χ2n) is 4.96. The predicted molar refractivity (Wildman–Crippen MR) is 66.7 cm³/mol. The minimum Gasteiger partial charge on any atom is -0.332 e. The number of pyridine rings is 1. The summed E-state index contributed by atoms with van der Waals surface area (Å²) in [4.78, 5) is 9.20. The fourth-order valence-electron chi connectivity index (χ4n) is 1.93. The highest BCUT2D eigenvalue weighted by molar-refractivity contribution is 5.78. The van der Waals surface area contributed by atoms with Crippen LogP contribution in [0.25, 0.3) is 11.0 Å². The van der Waals surface area contributed by atoms with Crippen molar-refractivity contribution in [2.75, 3.05) is 0 Å². The second kappa shape index (κ2) is 3.89. The van der Waals surface area contributed by atoms with Crippen LogP contribution in [0, 0.1) is 0 Å². The Hall–Kier alpha value is -1.38. The summed E-state index contributed by atoms with van der Waals surface area (Å²) in [5.74, 6) is 0.875. The van der Waals surface area contributed by atoms with Gasteiger partial charge in [0.25, 0.3) is 0 Å². The molecule has 16 heavy (non-hydrogen) atoms. The number of hydrogen-bond acceptors (Lipinski definition) is 2. The van der Waals surface area contributed by atoms with Crippen LogP contribution in [0.2, 0.25) is 0 Å². The zero-order valence-electron chi connectivity index (χ0n) is 10.7. The molecule has 0 bridgehead atoms. The van der Waals surface area contributed by atoms with Crippen molar-refractivity contribution in [1.29, 1.82) is 0 Å². The van der Waals surface area contributed by atoms with E-state index in [1.165, 1.54) is 5.52 Å². The van der Waals surface area contributed by atoms with Gasteiger partial charge in [0.15, 0.2) is 0 Å². The van der Waals surface area contributed by atoms with Crippen molar-refractivity contribution in [3.63, 3.8) is 0 Å². The quantitative estimate of drug-likeness (QED) is 0.773. The van der Waals surface area contributed by atoms with Crippen LogP contribution in [0.4, 0.5) is 0 Å². The second-order valence-corrected chi connectivity index (χ2v) is 4.96. The normalized spacial score (nSPS) is 11.9. The monoisotopic (exact) mass is 217 g/mol. The zero-order valence-corrected chi connectivity index (χ0v) is 10.7. The van der Waals surface area contributed by atoms with E-state index in [0.717, 1.165) is 16.9 Å². The van der Waals surface area contributed by atoms with Gasteiger partial charge in [-0.2, -0.15) is 0 Å². The van der Waals surface area contributed by atoms with E-state index in [9.17, 15) is 0 Å². The van der Waals surface area contributed by atoms with Gasteiger partial charge in [0.2, 0.25) is 0 Å². The topological polar surface area (TPSA) is 30.7 Å². The Morgan fingerprint density at radius 1 is 1.12 bits per heavy atom. The third-order valence-corrected chi connectivity index (χ3v) is 2.88. The maximum Gasteiger partial charge on any atom is 0.0956 e. The van der Waals surface area contributed by atoms with E-state index in [2.05, 4.69) is 43.3 Å². The molecule has 0 radical (unpaired) electrons. The minimum absolute atomic E-state index is 0.427. The summed E-state index contributed by atoms with van der Waals surface area (Å²) in [6.45, 7) is 8.69. The molecular formula is C13H19N3. The molecule has 0 aliphatic heterocycles. The van der Waals surface area contributed by atoms with Gasteiger partial charge in [0, 0.05) is 12.7 Å². The number of imidazole rings is 1.